The maximum Gasteiger partial charge on any atom is 0.494 e. The summed E-state index contributed by atoms with van der Waals surface area (Å²) >= 11 is 0. The Balaban J connectivity index is 0. The van der Waals surface area contributed by atoms with Gasteiger partial charge in [-0.25, -0.2) is 0 Å². The predicted octanol–water partition coefficient (Wildman–Crippen LogP) is 4.86. The topological polar surface area (TPSA) is 26.3 Å². The van der Waals surface area contributed by atoms with Crippen LogP contribution in [-0.2, 0) is 9.09 Å². The SMILES string of the molecule is CCCCCCCCCCCCO[PH+]=O.[Nd]. The second-order valence-corrected chi connectivity index (χ2v) is 4.57. The van der Waals surface area contributed by atoms with Crippen molar-refractivity contribution in [2.24, 2.45) is 0 Å². The molecule has 4 heteroatoms. The van der Waals surface area contributed by atoms with Crippen molar-refractivity contribution < 1.29 is 49.9 Å². The van der Waals surface area contributed by atoms with Crippen molar-refractivity contribution in [1.82, 2.24) is 0 Å². The van der Waals surface area contributed by atoms with Gasteiger partial charge in [-0.2, -0.15) is 0 Å². The minimum atomic E-state index is -0.580. The number of hydrogen-bond acceptors (Lipinski definition) is 2. The summed E-state index contributed by atoms with van der Waals surface area (Å²) in [6.07, 6.45) is 13.3. The molecule has 94 valence electrons. The molecule has 1 atom stereocenters. The molecule has 0 radical (unpaired) electrons. The fourth-order valence-corrected chi connectivity index (χ4v) is 1.93. The minimum absolute atomic E-state index is 0. The van der Waals surface area contributed by atoms with Crippen LogP contribution < -0.4 is 0 Å². The zero-order valence-electron chi connectivity index (χ0n) is 10.6. The zero-order valence-corrected chi connectivity index (χ0v) is 14.8. The van der Waals surface area contributed by atoms with Crippen molar-refractivity contribution in [3.05, 3.63) is 0 Å². The van der Waals surface area contributed by atoms with Crippen LogP contribution in [0.1, 0.15) is 71.1 Å². The molecule has 1 unspecified atom stereocenters. The van der Waals surface area contributed by atoms with Crippen molar-refractivity contribution in [3.63, 3.8) is 0 Å². The fraction of sp³-hybridized carbons (Fsp3) is 1.00. The van der Waals surface area contributed by atoms with E-state index < -0.39 is 8.69 Å². The molecule has 0 saturated heterocycles. The first-order valence-electron chi connectivity index (χ1n) is 6.40. The standard InChI is InChI=1S/C12H26O2P.Nd/c1-2-3-4-5-6-7-8-9-10-11-12-14-15-13;/h15H,2-12H2,1H3;/q+1;. The van der Waals surface area contributed by atoms with Crippen LogP contribution in [0.25, 0.3) is 0 Å². The maximum atomic E-state index is 10.00. The van der Waals surface area contributed by atoms with Crippen molar-refractivity contribution in [2.45, 2.75) is 71.1 Å². The van der Waals surface area contributed by atoms with E-state index >= 15 is 0 Å². The molecular formula is C12H26NdO2P+. The number of rotatable bonds is 12. The summed E-state index contributed by atoms with van der Waals surface area (Å²) < 4.78 is 14.8. The van der Waals surface area contributed by atoms with E-state index in [0.717, 1.165) is 6.42 Å². The molecule has 0 aromatic heterocycles. The molecule has 0 amide bonds. The average molecular weight is 378 g/mol. The molecule has 0 spiro atoms. The van der Waals surface area contributed by atoms with Gasteiger partial charge >= 0.3 is 8.69 Å². The molecule has 0 aromatic rings. The van der Waals surface area contributed by atoms with Crippen molar-refractivity contribution >= 4 is 8.69 Å². The Bertz CT molecular complexity index is 134. The molecule has 16 heavy (non-hydrogen) atoms. The van der Waals surface area contributed by atoms with Crippen LogP contribution in [0, 0.1) is 40.8 Å². The van der Waals surface area contributed by atoms with Gasteiger partial charge < -0.3 is 0 Å². The number of unbranched alkanes of at least 4 members (excludes halogenated alkanes) is 9. The molecule has 0 heterocycles. The largest absolute Gasteiger partial charge is 0.494 e. The van der Waals surface area contributed by atoms with E-state index in [4.69, 9.17) is 4.52 Å². The minimum Gasteiger partial charge on any atom is -0.148 e. The third kappa shape index (κ3) is 17.8. The summed E-state index contributed by atoms with van der Waals surface area (Å²) in [5.74, 6) is 0. The Labute approximate surface area is 135 Å². The summed E-state index contributed by atoms with van der Waals surface area (Å²) in [5, 5.41) is 0. The monoisotopic (exact) mass is 375 g/mol. The van der Waals surface area contributed by atoms with Gasteiger partial charge in [-0.1, -0.05) is 64.7 Å². The molecule has 0 aromatic carbocycles. The van der Waals surface area contributed by atoms with Gasteiger partial charge in [-0.05, 0) is 11.0 Å². The van der Waals surface area contributed by atoms with Gasteiger partial charge in [0.2, 0.25) is 0 Å². The molecule has 0 saturated carbocycles. The van der Waals surface area contributed by atoms with E-state index in [1.807, 2.05) is 0 Å². The molecule has 0 aliphatic heterocycles. The Morgan fingerprint density at radius 1 is 0.812 bits per heavy atom. The molecule has 0 bridgehead atoms. The van der Waals surface area contributed by atoms with E-state index in [-0.39, 0.29) is 40.8 Å². The van der Waals surface area contributed by atoms with E-state index in [1.54, 1.807) is 0 Å². The first-order chi connectivity index (χ1) is 7.41. The van der Waals surface area contributed by atoms with Crippen LogP contribution in [0.5, 0.6) is 0 Å². The molecule has 0 aliphatic rings. The molecular weight excluding hydrogens is 351 g/mol. The van der Waals surface area contributed by atoms with Gasteiger partial charge in [0.1, 0.15) is 6.61 Å². The Morgan fingerprint density at radius 3 is 1.69 bits per heavy atom. The van der Waals surface area contributed by atoms with E-state index in [9.17, 15) is 4.57 Å². The van der Waals surface area contributed by atoms with Crippen LogP contribution in [0.3, 0.4) is 0 Å². The van der Waals surface area contributed by atoms with E-state index in [1.165, 1.54) is 57.8 Å². The van der Waals surface area contributed by atoms with Gasteiger partial charge in [0.05, 0.1) is 0 Å². The summed E-state index contributed by atoms with van der Waals surface area (Å²) in [7, 11) is -0.580. The Hall–Kier alpha value is 1.41. The van der Waals surface area contributed by atoms with Crippen molar-refractivity contribution in [1.29, 1.82) is 0 Å². The second kappa shape index (κ2) is 18.8. The van der Waals surface area contributed by atoms with Gasteiger partial charge in [0.25, 0.3) is 0 Å². The van der Waals surface area contributed by atoms with E-state index in [0.29, 0.717) is 6.61 Å². The van der Waals surface area contributed by atoms with Crippen LogP contribution in [0.4, 0.5) is 0 Å². The molecule has 0 rings (SSSR count). The molecule has 2 nitrogen and oxygen atoms in total. The second-order valence-electron chi connectivity index (χ2n) is 4.11. The average Bonchev–Trinajstić information content (AvgIpc) is 2.26. The number of hydrogen-bond donors (Lipinski definition) is 0. The van der Waals surface area contributed by atoms with Crippen LogP contribution in [0.15, 0.2) is 0 Å². The molecule has 0 N–H and O–H groups in total. The summed E-state index contributed by atoms with van der Waals surface area (Å²) in [4.78, 5) is 0. The summed E-state index contributed by atoms with van der Waals surface area (Å²) in [6, 6.07) is 0. The predicted molar refractivity (Wildman–Crippen MR) is 66.8 cm³/mol. The molecule has 0 aliphatic carbocycles. The van der Waals surface area contributed by atoms with E-state index in [2.05, 4.69) is 6.92 Å². The normalized spacial score (nSPS) is 10.3. The van der Waals surface area contributed by atoms with Crippen LogP contribution in [0.2, 0.25) is 0 Å². The zero-order chi connectivity index (χ0) is 11.2. The Morgan fingerprint density at radius 2 is 1.25 bits per heavy atom. The summed E-state index contributed by atoms with van der Waals surface area (Å²) in [6.45, 7) is 2.92. The third-order valence-electron chi connectivity index (χ3n) is 2.66. The van der Waals surface area contributed by atoms with Gasteiger partial charge in [0, 0.05) is 40.8 Å². The third-order valence-corrected chi connectivity index (χ3v) is 2.98. The summed E-state index contributed by atoms with van der Waals surface area (Å²) in [5.41, 5.74) is 0. The fourth-order valence-electron chi connectivity index (χ4n) is 1.70. The maximum absolute atomic E-state index is 10.00. The first-order valence-corrected chi connectivity index (χ1v) is 7.22. The van der Waals surface area contributed by atoms with Gasteiger partial charge in [0.15, 0.2) is 0 Å². The van der Waals surface area contributed by atoms with Gasteiger partial charge in [-0.15, -0.1) is 4.52 Å². The quantitative estimate of drug-likeness (QED) is 0.358. The van der Waals surface area contributed by atoms with Crippen LogP contribution >= 0.6 is 8.69 Å². The van der Waals surface area contributed by atoms with Gasteiger partial charge in [-0.3, -0.25) is 0 Å². The smallest absolute Gasteiger partial charge is 0.148 e. The first kappa shape index (κ1) is 19.7. The Kier molecular flexibility index (Phi) is 23.2. The van der Waals surface area contributed by atoms with Crippen LogP contribution in [-0.4, -0.2) is 6.61 Å². The van der Waals surface area contributed by atoms with Crippen molar-refractivity contribution in [3.8, 4) is 0 Å². The molecule has 0 fully saturated rings. The van der Waals surface area contributed by atoms with Crippen molar-refractivity contribution in [2.75, 3.05) is 6.61 Å².